The Balaban J connectivity index is 1.60. The van der Waals surface area contributed by atoms with E-state index in [0.29, 0.717) is 30.6 Å². The normalized spacial score (nSPS) is 15.2. The molecule has 0 radical (unpaired) electrons. The van der Waals surface area contributed by atoms with Crippen LogP contribution in [0.4, 0.5) is 5.13 Å². The lowest BCUT2D eigenvalue weighted by Crippen LogP contribution is -2.30. The van der Waals surface area contributed by atoms with E-state index < -0.39 is 10.0 Å². The molecule has 1 saturated heterocycles. The number of hydrogen-bond acceptors (Lipinski definition) is 5. The maximum Gasteiger partial charge on any atom is 0.226 e. The van der Waals surface area contributed by atoms with Crippen LogP contribution < -0.4 is 5.32 Å². The number of carbonyl (C=O) groups is 1. The van der Waals surface area contributed by atoms with Crippen LogP contribution >= 0.6 is 11.3 Å². The molecule has 1 amide bonds. The van der Waals surface area contributed by atoms with E-state index in [2.05, 4.69) is 24.1 Å². The average Bonchev–Trinajstić information content (AvgIpc) is 3.32. The first-order chi connectivity index (χ1) is 13.4. The first kappa shape index (κ1) is 21.0. The van der Waals surface area contributed by atoms with Crippen molar-refractivity contribution in [3.05, 3.63) is 35.2 Å². The van der Waals surface area contributed by atoms with Crippen LogP contribution in [0.1, 0.15) is 50.3 Å². The van der Waals surface area contributed by atoms with Gasteiger partial charge in [-0.15, -0.1) is 11.3 Å². The number of rotatable bonds is 8. The molecule has 1 aliphatic heterocycles. The summed E-state index contributed by atoms with van der Waals surface area (Å²) in [7, 11) is -3.24. The van der Waals surface area contributed by atoms with Crippen molar-refractivity contribution in [2.24, 2.45) is 0 Å². The van der Waals surface area contributed by atoms with Gasteiger partial charge in [0.1, 0.15) is 0 Å². The second-order valence-electron chi connectivity index (χ2n) is 7.33. The number of nitrogens with zero attached hydrogens (tertiary/aromatic N) is 2. The number of sulfonamides is 1. The molecule has 1 aliphatic rings. The number of aromatic nitrogens is 1. The predicted molar refractivity (Wildman–Crippen MR) is 114 cm³/mol. The van der Waals surface area contributed by atoms with Gasteiger partial charge in [0, 0.05) is 30.0 Å². The second kappa shape index (κ2) is 9.15. The smallest absolute Gasteiger partial charge is 0.226 e. The Morgan fingerprint density at radius 3 is 2.54 bits per heavy atom. The SMILES string of the molecule is CC(C)c1sc(NC(=O)CCCS(=O)(=O)N2CCCC2)nc1-c1ccccc1. The van der Waals surface area contributed by atoms with Gasteiger partial charge in [-0.1, -0.05) is 44.2 Å². The number of nitrogens with one attached hydrogen (secondary N) is 1. The molecule has 0 spiro atoms. The van der Waals surface area contributed by atoms with Gasteiger partial charge in [-0.3, -0.25) is 4.79 Å². The topological polar surface area (TPSA) is 79.4 Å². The van der Waals surface area contributed by atoms with E-state index in [1.165, 1.54) is 15.6 Å². The highest BCUT2D eigenvalue weighted by Gasteiger charge is 2.25. The van der Waals surface area contributed by atoms with Gasteiger partial charge in [0.25, 0.3) is 0 Å². The standard InChI is InChI=1S/C20H27N3O3S2/c1-15(2)19-18(16-9-4-3-5-10-16)22-20(27-19)21-17(24)11-8-14-28(25,26)23-12-6-7-13-23/h3-5,9-10,15H,6-8,11-14H2,1-2H3,(H,21,22,24). The monoisotopic (exact) mass is 421 g/mol. The second-order valence-corrected chi connectivity index (χ2v) is 10.4. The summed E-state index contributed by atoms with van der Waals surface area (Å²) in [5, 5.41) is 3.41. The molecule has 0 unspecified atom stereocenters. The van der Waals surface area contributed by atoms with Gasteiger partial charge in [-0.05, 0) is 25.2 Å². The Labute approximate surface area is 171 Å². The summed E-state index contributed by atoms with van der Waals surface area (Å²) in [5.41, 5.74) is 1.92. The van der Waals surface area contributed by atoms with Crippen LogP contribution in [0.25, 0.3) is 11.3 Å². The zero-order valence-electron chi connectivity index (χ0n) is 16.3. The van der Waals surface area contributed by atoms with Crippen LogP contribution in [-0.4, -0.2) is 42.5 Å². The minimum atomic E-state index is -3.24. The van der Waals surface area contributed by atoms with Crippen LogP contribution in [0.15, 0.2) is 30.3 Å². The van der Waals surface area contributed by atoms with Crippen molar-refractivity contribution in [1.82, 2.24) is 9.29 Å². The highest BCUT2D eigenvalue weighted by molar-refractivity contribution is 7.89. The number of amides is 1. The molecule has 8 heteroatoms. The summed E-state index contributed by atoms with van der Waals surface area (Å²) in [6.45, 7) is 5.42. The summed E-state index contributed by atoms with van der Waals surface area (Å²) < 4.78 is 26.0. The van der Waals surface area contributed by atoms with Crippen LogP contribution in [0, 0.1) is 0 Å². The van der Waals surface area contributed by atoms with E-state index in [0.717, 1.165) is 29.0 Å². The van der Waals surface area contributed by atoms with E-state index in [1.807, 2.05) is 30.3 Å². The molecule has 6 nitrogen and oxygen atoms in total. The van der Waals surface area contributed by atoms with Gasteiger partial charge in [-0.2, -0.15) is 0 Å². The van der Waals surface area contributed by atoms with Gasteiger partial charge >= 0.3 is 0 Å². The van der Waals surface area contributed by atoms with E-state index in [4.69, 9.17) is 0 Å². The van der Waals surface area contributed by atoms with Gasteiger partial charge in [0.15, 0.2) is 5.13 Å². The lowest BCUT2D eigenvalue weighted by Gasteiger charge is -2.14. The van der Waals surface area contributed by atoms with Crippen LogP contribution in [0.2, 0.25) is 0 Å². The summed E-state index contributed by atoms with van der Waals surface area (Å²) in [6.07, 6.45) is 2.33. The van der Waals surface area contributed by atoms with Crippen molar-refractivity contribution in [3.63, 3.8) is 0 Å². The van der Waals surface area contributed by atoms with Crippen molar-refractivity contribution in [2.75, 3.05) is 24.2 Å². The third-order valence-electron chi connectivity index (χ3n) is 4.74. The van der Waals surface area contributed by atoms with Gasteiger partial charge in [0.05, 0.1) is 11.4 Å². The third-order valence-corrected chi connectivity index (χ3v) is 7.96. The minimum Gasteiger partial charge on any atom is -0.302 e. The first-order valence-electron chi connectivity index (χ1n) is 9.70. The molecule has 28 heavy (non-hydrogen) atoms. The molecule has 1 aromatic heterocycles. The average molecular weight is 422 g/mol. The number of thiazole rings is 1. The molecule has 0 atom stereocenters. The summed E-state index contributed by atoms with van der Waals surface area (Å²) >= 11 is 1.48. The molecule has 2 heterocycles. The fraction of sp³-hybridized carbons (Fsp3) is 0.500. The van der Waals surface area contributed by atoms with Crippen molar-refractivity contribution < 1.29 is 13.2 Å². The van der Waals surface area contributed by atoms with Crippen LogP contribution in [0.5, 0.6) is 0 Å². The molecule has 0 saturated carbocycles. The first-order valence-corrected chi connectivity index (χ1v) is 12.1. The summed E-state index contributed by atoms with van der Waals surface area (Å²) in [4.78, 5) is 18.0. The largest absolute Gasteiger partial charge is 0.302 e. The minimum absolute atomic E-state index is 0.0186. The lowest BCUT2D eigenvalue weighted by atomic mass is 10.1. The molecule has 2 aromatic rings. The predicted octanol–water partition coefficient (Wildman–Crippen LogP) is 4.08. The van der Waals surface area contributed by atoms with Crippen molar-refractivity contribution in [1.29, 1.82) is 0 Å². The Hall–Kier alpha value is -1.77. The molecule has 0 aliphatic carbocycles. The van der Waals surface area contributed by atoms with E-state index in [-0.39, 0.29) is 18.1 Å². The highest BCUT2D eigenvalue weighted by Crippen LogP contribution is 2.36. The number of anilines is 1. The van der Waals surface area contributed by atoms with Crippen molar-refractivity contribution in [3.8, 4) is 11.3 Å². The van der Waals surface area contributed by atoms with Gasteiger partial charge in [0.2, 0.25) is 15.9 Å². The highest BCUT2D eigenvalue weighted by atomic mass is 32.2. The number of hydrogen-bond donors (Lipinski definition) is 1. The third kappa shape index (κ3) is 5.18. The van der Waals surface area contributed by atoms with Crippen LogP contribution in [-0.2, 0) is 14.8 Å². The maximum absolute atomic E-state index is 12.3. The Morgan fingerprint density at radius 1 is 1.21 bits per heavy atom. The van der Waals surface area contributed by atoms with E-state index in [9.17, 15) is 13.2 Å². The Bertz CT molecular complexity index is 902. The Morgan fingerprint density at radius 2 is 1.89 bits per heavy atom. The fourth-order valence-electron chi connectivity index (χ4n) is 3.27. The number of benzene rings is 1. The van der Waals surface area contributed by atoms with Crippen molar-refractivity contribution in [2.45, 2.75) is 45.4 Å². The van der Waals surface area contributed by atoms with E-state index >= 15 is 0 Å². The maximum atomic E-state index is 12.3. The molecule has 3 rings (SSSR count). The lowest BCUT2D eigenvalue weighted by molar-refractivity contribution is -0.116. The quantitative estimate of drug-likeness (QED) is 0.697. The van der Waals surface area contributed by atoms with Crippen LogP contribution in [0.3, 0.4) is 0 Å². The summed E-state index contributed by atoms with van der Waals surface area (Å²) in [5.74, 6) is 0.120. The zero-order chi connectivity index (χ0) is 20.1. The fourth-order valence-corrected chi connectivity index (χ4v) is 5.86. The van der Waals surface area contributed by atoms with E-state index in [1.54, 1.807) is 0 Å². The zero-order valence-corrected chi connectivity index (χ0v) is 18.0. The summed E-state index contributed by atoms with van der Waals surface area (Å²) in [6, 6.07) is 9.92. The molecule has 1 fully saturated rings. The van der Waals surface area contributed by atoms with Gasteiger partial charge < -0.3 is 5.32 Å². The Kier molecular flexibility index (Phi) is 6.85. The molecule has 1 N–H and O–H groups in total. The molecular formula is C20H27N3O3S2. The van der Waals surface area contributed by atoms with Gasteiger partial charge in [-0.25, -0.2) is 17.7 Å². The molecular weight excluding hydrogens is 394 g/mol. The molecule has 0 bridgehead atoms. The molecule has 152 valence electrons. The number of carbonyl (C=O) groups excluding carboxylic acids is 1. The van der Waals surface area contributed by atoms with Crippen molar-refractivity contribution >= 4 is 32.4 Å². The molecule has 1 aromatic carbocycles.